The molecule has 112 valence electrons. The van der Waals surface area contributed by atoms with Crippen molar-refractivity contribution in [2.24, 2.45) is 0 Å². The van der Waals surface area contributed by atoms with Gasteiger partial charge in [0.1, 0.15) is 11.5 Å². The number of nitrogens with one attached hydrogen (secondary N) is 2. The van der Waals surface area contributed by atoms with Crippen LogP contribution in [0.4, 0.5) is 0 Å². The van der Waals surface area contributed by atoms with E-state index in [1.165, 1.54) is 0 Å². The molecule has 0 heterocycles. The van der Waals surface area contributed by atoms with E-state index < -0.39 is 0 Å². The number of rotatable bonds is 6. The van der Waals surface area contributed by atoms with E-state index in [-0.39, 0.29) is 18.0 Å². The highest BCUT2D eigenvalue weighted by atomic mass is 16.5. The van der Waals surface area contributed by atoms with Crippen molar-refractivity contribution in [3.05, 3.63) is 23.8 Å². The Balaban J connectivity index is 2.51. The average molecular weight is 280 g/mol. The Morgan fingerprint density at radius 2 is 1.65 bits per heavy atom. The van der Waals surface area contributed by atoms with E-state index >= 15 is 0 Å². The van der Waals surface area contributed by atoms with E-state index in [4.69, 9.17) is 9.47 Å². The first-order valence-corrected chi connectivity index (χ1v) is 6.58. The topological polar surface area (TPSA) is 59.6 Å². The van der Waals surface area contributed by atoms with E-state index in [0.717, 1.165) is 17.1 Å². The van der Waals surface area contributed by atoms with Crippen molar-refractivity contribution in [1.82, 2.24) is 10.6 Å². The number of benzene rings is 1. The van der Waals surface area contributed by atoms with Gasteiger partial charge in [-0.3, -0.25) is 4.79 Å². The van der Waals surface area contributed by atoms with E-state index in [0.29, 0.717) is 6.54 Å². The molecule has 0 spiro atoms. The summed E-state index contributed by atoms with van der Waals surface area (Å²) in [6.45, 7) is 6.72. The summed E-state index contributed by atoms with van der Waals surface area (Å²) >= 11 is 0. The molecule has 5 nitrogen and oxygen atoms in total. The van der Waals surface area contributed by atoms with Crippen LogP contribution in [0.2, 0.25) is 0 Å². The van der Waals surface area contributed by atoms with Gasteiger partial charge < -0.3 is 20.1 Å². The van der Waals surface area contributed by atoms with Gasteiger partial charge in [-0.2, -0.15) is 0 Å². The van der Waals surface area contributed by atoms with Gasteiger partial charge in [-0.15, -0.1) is 0 Å². The molecule has 0 fully saturated rings. The first kappa shape index (κ1) is 16.3. The molecule has 0 radical (unpaired) electrons. The second kappa shape index (κ2) is 7.14. The Kier molecular flexibility index (Phi) is 5.82. The lowest BCUT2D eigenvalue weighted by Gasteiger charge is -2.20. The van der Waals surface area contributed by atoms with E-state index in [9.17, 15) is 4.79 Å². The minimum Gasteiger partial charge on any atom is -0.497 e. The summed E-state index contributed by atoms with van der Waals surface area (Å²) < 4.78 is 10.4. The summed E-state index contributed by atoms with van der Waals surface area (Å²) in [5.41, 5.74) is 0.794. The minimum atomic E-state index is -0.210. The number of methoxy groups -OCH3 is 2. The molecule has 1 rings (SSSR count). The number of carbonyl (C=O) groups excluding carboxylic acids is 1. The van der Waals surface area contributed by atoms with Gasteiger partial charge in [0.25, 0.3) is 0 Å². The van der Waals surface area contributed by atoms with Crippen molar-refractivity contribution in [2.75, 3.05) is 20.8 Å². The molecule has 0 aliphatic rings. The Morgan fingerprint density at radius 3 is 2.10 bits per heavy atom. The molecular formula is C15H24N2O3. The van der Waals surface area contributed by atoms with Crippen LogP contribution in [-0.2, 0) is 11.3 Å². The molecular weight excluding hydrogens is 256 g/mol. The van der Waals surface area contributed by atoms with Crippen LogP contribution in [-0.4, -0.2) is 32.2 Å². The van der Waals surface area contributed by atoms with Crippen LogP contribution in [0.3, 0.4) is 0 Å². The van der Waals surface area contributed by atoms with Crippen molar-refractivity contribution < 1.29 is 14.3 Å². The summed E-state index contributed by atoms with van der Waals surface area (Å²) in [4.78, 5) is 11.7. The van der Waals surface area contributed by atoms with Gasteiger partial charge in [-0.1, -0.05) is 0 Å². The van der Waals surface area contributed by atoms with E-state index in [1.807, 2.05) is 39.0 Å². The molecule has 0 bridgehead atoms. The zero-order valence-electron chi connectivity index (χ0n) is 12.9. The van der Waals surface area contributed by atoms with Crippen LogP contribution < -0.4 is 20.1 Å². The Morgan fingerprint density at radius 1 is 1.10 bits per heavy atom. The van der Waals surface area contributed by atoms with Crippen molar-refractivity contribution in [2.45, 2.75) is 32.9 Å². The van der Waals surface area contributed by atoms with Crippen LogP contribution in [0.5, 0.6) is 11.5 Å². The summed E-state index contributed by atoms with van der Waals surface area (Å²) in [6.07, 6.45) is 0. The second-order valence-corrected chi connectivity index (χ2v) is 5.62. The largest absolute Gasteiger partial charge is 0.497 e. The standard InChI is InChI=1S/C15H24N2O3/c1-15(2,3)17-14(18)10-16-9-11-6-12(19-4)8-13(7-11)20-5/h6-8,16H,9-10H2,1-5H3,(H,17,18). The third-order valence-corrected chi connectivity index (χ3v) is 2.54. The molecule has 0 aliphatic heterocycles. The third kappa shape index (κ3) is 5.93. The zero-order valence-corrected chi connectivity index (χ0v) is 12.9. The Labute approximate surface area is 120 Å². The van der Waals surface area contributed by atoms with Crippen LogP contribution in [0.15, 0.2) is 18.2 Å². The predicted octanol–water partition coefficient (Wildman–Crippen LogP) is 1.71. The normalized spacial score (nSPS) is 11.1. The fraction of sp³-hybridized carbons (Fsp3) is 0.533. The fourth-order valence-electron chi connectivity index (χ4n) is 1.75. The number of ether oxygens (including phenoxy) is 2. The van der Waals surface area contributed by atoms with Crippen molar-refractivity contribution in [1.29, 1.82) is 0 Å². The monoisotopic (exact) mass is 280 g/mol. The molecule has 0 saturated heterocycles. The lowest BCUT2D eigenvalue weighted by Crippen LogP contribution is -2.44. The molecule has 5 heteroatoms. The molecule has 0 unspecified atom stereocenters. The number of carbonyl (C=O) groups is 1. The third-order valence-electron chi connectivity index (χ3n) is 2.54. The highest BCUT2D eigenvalue weighted by Crippen LogP contribution is 2.22. The van der Waals surface area contributed by atoms with Crippen molar-refractivity contribution in [3.8, 4) is 11.5 Å². The summed E-state index contributed by atoms with van der Waals surface area (Å²) in [5, 5.41) is 6.00. The van der Waals surface area contributed by atoms with Gasteiger partial charge in [-0.25, -0.2) is 0 Å². The highest BCUT2D eigenvalue weighted by molar-refractivity contribution is 5.78. The molecule has 0 aromatic heterocycles. The molecule has 2 N–H and O–H groups in total. The smallest absolute Gasteiger partial charge is 0.234 e. The fourth-order valence-corrected chi connectivity index (χ4v) is 1.75. The molecule has 1 aromatic carbocycles. The SMILES string of the molecule is COc1cc(CNCC(=O)NC(C)(C)C)cc(OC)c1. The maximum atomic E-state index is 11.7. The van der Waals surface area contributed by atoms with Crippen molar-refractivity contribution >= 4 is 5.91 Å². The van der Waals surface area contributed by atoms with Gasteiger partial charge in [-0.05, 0) is 38.5 Å². The maximum Gasteiger partial charge on any atom is 0.234 e. The molecule has 0 aliphatic carbocycles. The zero-order chi connectivity index (χ0) is 15.2. The van der Waals surface area contributed by atoms with Crippen LogP contribution in [0, 0.1) is 0 Å². The number of hydrogen-bond donors (Lipinski definition) is 2. The van der Waals surface area contributed by atoms with E-state index in [1.54, 1.807) is 14.2 Å². The first-order chi connectivity index (χ1) is 9.34. The minimum absolute atomic E-state index is 0.0210. The quantitative estimate of drug-likeness (QED) is 0.833. The summed E-state index contributed by atoms with van der Waals surface area (Å²) in [6, 6.07) is 5.64. The first-order valence-electron chi connectivity index (χ1n) is 6.58. The number of hydrogen-bond acceptors (Lipinski definition) is 4. The van der Waals surface area contributed by atoms with Gasteiger partial charge in [0, 0.05) is 18.2 Å². The lowest BCUT2D eigenvalue weighted by molar-refractivity contribution is -0.121. The molecule has 1 aromatic rings. The van der Waals surface area contributed by atoms with Crippen molar-refractivity contribution in [3.63, 3.8) is 0 Å². The van der Waals surface area contributed by atoms with Crippen LogP contribution in [0.25, 0.3) is 0 Å². The highest BCUT2D eigenvalue weighted by Gasteiger charge is 2.13. The molecule has 20 heavy (non-hydrogen) atoms. The van der Waals surface area contributed by atoms with Gasteiger partial charge in [0.15, 0.2) is 0 Å². The average Bonchev–Trinajstić information content (AvgIpc) is 2.36. The van der Waals surface area contributed by atoms with Crippen LogP contribution >= 0.6 is 0 Å². The van der Waals surface area contributed by atoms with Gasteiger partial charge in [0.05, 0.1) is 20.8 Å². The van der Waals surface area contributed by atoms with Crippen LogP contribution in [0.1, 0.15) is 26.3 Å². The maximum absolute atomic E-state index is 11.7. The predicted molar refractivity (Wildman–Crippen MR) is 79.1 cm³/mol. The Hall–Kier alpha value is -1.75. The number of amides is 1. The van der Waals surface area contributed by atoms with Gasteiger partial charge >= 0.3 is 0 Å². The lowest BCUT2D eigenvalue weighted by atomic mass is 10.1. The summed E-state index contributed by atoms with van der Waals surface area (Å²) in [7, 11) is 3.23. The Bertz CT molecular complexity index is 431. The summed E-state index contributed by atoms with van der Waals surface area (Å²) in [5.74, 6) is 1.45. The van der Waals surface area contributed by atoms with E-state index in [2.05, 4.69) is 10.6 Å². The molecule has 0 saturated carbocycles. The molecule has 1 amide bonds. The second-order valence-electron chi connectivity index (χ2n) is 5.62. The van der Waals surface area contributed by atoms with Gasteiger partial charge in [0.2, 0.25) is 5.91 Å². The molecule has 0 atom stereocenters.